The zero-order chi connectivity index (χ0) is 20.8. The van der Waals surface area contributed by atoms with Crippen molar-refractivity contribution in [2.24, 2.45) is 0 Å². The molecule has 0 bridgehead atoms. The molecule has 2 aromatic rings. The molecule has 8 heteroatoms. The fourth-order valence-electron chi connectivity index (χ4n) is 3.69. The van der Waals surface area contributed by atoms with Crippen molar-refractivity contribution in [3.05, 3.63) is 46.1 Å². The third-order valence-electron chi connectivity index (χ3n) is 5.31. The summed E-state index contributed by atoms with van der Waals surface area (Å²) in [6.45, 7) is 9.55. The average Bonchev–Trinajstić information content (AvgIpc) is 3.18. The van der Waals surface area contributed by atoms with Gasteiger partial charge in [-0.3, -0.25) is 10.1 Å². The Bertz CT molecular complexity index is 844. The van der Waals surface area contributed by atoms with Gasteiger partial charge in [-0.25, -0.2) is 4.98 Å². The van der Waals surface area contributed by atoms with Crippen LogP contribution in [0, 0.1) is 17.0 Å². The van der Waals surface area contributed by atoms with Crippen molar-refractivity contribution in [1.29, 1.82) is 0 Å². The van der Waals surface area contributed by atoms with Gasteiger partial charge in [-0.1, -0.05) is 26.3 Å². The van der Waals surface area contributed by atoms with Crippen LogP contribution in [0.15, 0.2) is 30.5 Å². The van der Waals surface area contributed by atoms with Crippen molar-refractivity contribution in [2.75, 3.05) is 36.0 Å². The number of nitrogens with zero attached hydrogens (tertiary/aromatic N) is 5. The number of rotatable bonds is 9. The number of likely N-dealkylation sites (N-methyl/N-ethyl adjacent to an activating group) is 1. The zero-order valence-electron chi connectivity index (χ0n) is 17.5. The summed E-state index contributed by atoms with van der Waals surface area (Å²) >= 11 is 0. The van der Waals surface area contributed by atoms with Crippen LogP contribution in [0.2, 0.25) is 0 Å². The lowest BCUT2D eigenvalue weighted by Gasteiger charge is -2.25. The number of hydrogen-bond donors (Lipinski definition) is 1. The van der Waals surface area contributed by atoms with Crippen LogP contribution in [0.3, 0.4) is 0 Å². The van der Waals surface area contributed by atoms with Crippen LogP contribution in [0.4, 0.5) is 23.1 Å². The normalized spacial score (nSPS) is 16.2. The molecule has 8 nitrogen and oxygen atoms in total. The van der Waals surface area contributed by atoms with Crippen molar-refractivity contribution in [3.8, 4) is 0 Å². The molecule has 1 fully saturated rings. The fourth-order valence-corrected chi connectivity index (χ4v) is 3.69. The first-order valence-electron chi connectivity index (χ1n) is 10.4. The highest BCUT2D eigenvalue weighted by Gasteiger charge is 2.24. The number of hydrogen-bond acceptors (Lipinski definition) is 7. The van der Waals surface area contributed by atoms with Crippen molar-refractivity contribution in [1.82, 2.24) is 15.3 Å². The Morgan fingerprint density at radius 3 is 2.90 bits per heavy atom. The van der Waals surface area contributed by atoms with E-state index < -0.39 is 0 Å². The Balaban J connectivity index is 1.90. The highest BCUT2D eigenvalue weighted by molar-refractivity contribution is 5.63. The van der Waals surface area contributed by atoms with Crippen LogP contribution in [0.1, 0.15) is 38.7 Å². The van der Waals surface area contributed by atoms with Crippen molar-refractivity contribution < 1.29 is 4.92 Å². The number of nitro benzene ring substituents is 1. The van der Waals surface area contributed by atoms with Gasteiger partial charge in [0.1, 0.15) is 5.82 Å². The van der Waals surface area contributed by atoms with Gasteiger partial charge in [0.15, 0.2) is 0 Å². The van der Waals surface area contributed by atoms with Crippen LogP contribution < -0.4 is 15.1 Å². The minimum Gasteiger partial charge on any atom is -0.355 e. The van der Waals surface area contributed by atoms with Crippen molar-refractivity contribution in [3.63, 3.8) is 0 Å². The Kier molecular flexibility index (Phi) is 6.98. The molecule has 1 aliphatic rings. The molecule has 1 N–H and O–H groups in total. The maximum Gasteiger partial charge on any atom is 0.274 e. The summed E-state index contributed by atoms with van der Waals surface area (Å²) in [4.78, 5) is 24.6. The number of unbranched alkanes of at least 4 members (excludes halogenated alkanes) is 1. The second-order valence-corrected chi connectivity index (χ2v) is 7.44. The Labute approximate surface area is 172 Å². The Morgan fingerprint density at radius 2 is 2.17 bits per heavy atom. The van der Waals surface area contributed by atoms with Crippen LogP contribution in [0.25, 0.3) is 0 Å². The molecule has 0 amide bonds. The zero-order valence-corrected chi connectivity index (χ0v) is 17.5. The monoisotopic (exact) mass is 398 g/mol. The van der Waals surface area contributed by atoms with Gasteiger partial charge in [-0.2, -0.15) is 4.98 Å². The first kappa shape index (κ1) is 21.0. The molecule has 1 aliphatic heterocycles. The number of anilines is 3. The minimum atomic E-state index is -0.334. The molecule has 1 aromatic heterocycles. The molecule has 0 saturated carbocycles. The lowest BCUT2D eigenvalue weighted by Crippen LogP contribution is -2.32. The molecule has 156 valence electrons. The van der Waals surface area contributed by atoms with Gasteiger partial charge in [0, 0.05) is 43.5 Å². The summed E-state index contributed by atoms with van der Waals surface area (Å²) in [5.74, 6) is 1.49. The largest absolute Gasteiger partial charge is 0.355 e. The number of aromatic nitrogens is 2. The van der Waals surface area contributed by atoms with E-state index in [0.717, 1.165) is 50.4 Å². The molecule has 0 radical (unpaired) electrons. The summed E-state index contributed by atoms with van der Waals surface area (Å²) in [5.41, 5.74) is 1.52. The minimum absolute atomic E-state index is 0.119. The van der Waals surface area contributed by atoms with E-state index >= 15 is 0 Å². The molecule has 0 aliphatic carbocycles. The molecule has 1 atom stereocenters. The predicted molar refractivity (Wildman–Crippen MR) is 116 cm³/mol. The maximum absolute atomic E-state index is 11.4. The fraction of sp³-hybridized carbons (Fsp3) is 0.524. The topological polar surface area (TPSA) is 87.4 Å². The molecule has 1 aromatic carbocycles. The molecule has 0 unspecified atom stereocenters. The highest BCUT2D eigenvalue weighted by atomic mass is 16.6. The molecule has 0 spiro atoms. The summed E-state index contributed by atoms with van der Waals surface area (Å²) in [6.07, 6.45) is 4.83. The quantitative estimate of drug-likeness (QED) is 0.507. The summed E-state index contributed by atoms with van der Waals surface area (Å²) in [7, 11) is 0. The summed E-state index contributed by atoms with van der Waals surface area (Å²) < 4.78 is 0. The molecule has 3 rings (SSSR count). The van der Waals surface area contributed by atoms with Crippen LogP contribution in [-0.4, -0.2) is 47.1 Å². The molecule has 29 heavy (non-hydrogen) atoms. The summed E-state index contributed by atoms with van der Waals surface area (Å²) in [6, 6.07) is 7.74. The van der Waals surface area contributed by atoms with Gasteiger partial charge in [-0.15, -0.1) is 0 Å². The van der Waals surface area contributed by atoms with E-state index in [0.29, 0.717) is 24.1 Å². The Hall–Kier alpha value is -2.74. The van der Waals surface area contributed by atoms with E-state index in [2.05, 4.69) is 29.0 Å². The smallest absolute Gasteiger partial charge is 0.274 e. The predicted octanol–water partition coefficient (Wildman–Crippen LogP) is 3.82. The Morgan fingerprint density at radius 1 is 1.34 bits per heavy atom. The highest BCUT2D eigenvalue weighted by Crippen LogP contribution is 2.30. The SMILES string of the molecule is CCCCN(c1ccc(C)c([N+](=O)[O-])c1)c1nccc(N2CC[C@H](NCC)C2)n1. The second-order valence-electron chi connectivity index (χ2n) is 7.44. The van der Waals surface area contributed by atoms with Crippen LogP contribution in [0.5, 0.6) is 0 Å². The van der Waals surface area contributed by atoms with E-state index in [1.165, 1.54) is 0 Å². The van der Waals surface area contributed by atoms with Crippen molar-refractivity contribution >= 4 is 23.1 Å². The van der Waals surface area contributed by atoms with Gasteiger partial charge >= 0.3 is 0 Å². The van der Waals surface area contributed by atoms with Gasteiger partial charge in [-0.05, 0) is 38.4 Å². The average molecular weight is 399 g/mol. The maximum atomic E-state index is 11.4. The standard InChI is InChI=1S/C21H30N6O2/c1-4-6-12-26(18-8-7-16(3)19(14-18)27(28)29)21-23-11-9-20(24-21)25-13-10-17(15-25)22-5-2/h7-9,11,14,17,22H,4-6,10,12-13,15H2,1-3H3/t17-/m0/s1. The number of aryl methyl sites for hydroxylation is 1. The van der Waals surface area contributed by atoms with Gasteiger partial charge < -0.3 is 15.1 Å². The molecule has 1 saturated heterocycles. The van der Waals surface area contributed by atoms with E-state index in [9.17, 15) is 10.1 Å². The van der Waals surface area contributed by atoms with Crippen LogP contribution >= 0.6 is 0 Å². The molecular formula is C21H30N6O2. The molecule has 2 heterocycles. The van der Waals surface area contributed by atoms with Crippen molar-refractivity contribution in [2.45, 2.75) is 46.1 Å². The lowest BCUT2D eigenvalue weighted by atomic mass is 10.1. The number of nitrogens with one attached hydrogen (secondary N) is 1. The first-order chi connectivity index (χ1) is 14.0. The molecular weight excluding hydrogens is 368 g/mol. The second kappa shape index (κ2) is 9.65. The lowest BCUT2D eigenvalue weighted by molar-refractivity contribution is -0.385. The van der Waals surface area contributed by atoms with E-state index in [1.807, 2.05) is 17.0 Å². The van der Waals surface area contributed by atoms with Gasteiger partial charge in [0.25, 0.3) is 5.69 Å². The van der Waals surface area contributed by atoms with Gasteiger partial charge in [0.2, 0.25) is 5.95 Å². The van der Waals surface area contributed by atoms with E-state index in [-0.39, 0.29) is 10.6 Å². The third-order valence-corrected chi connectivity index (χ3v) is 5.31. The number of benzene rings is 1. The summed E-state index contributed by atoms with van der Waals surface area (Å²) in [5, 5.41) is 14.9. The van der Waals surface area contributed by atoms with Crippen LogP contribution in [-0.2, 0) is 0 Å². The van der Waals surface area contributed by atoms with E-state index in [4.69, 9.17) is 4.98 Å². The van der Waals surface area contributed by atoms with Gasteiger partial charge in [0.05, 0.1) is 10.6 Å². The first-order valence-corrected chi connectivity index (χ1v) is 10.4. The third kappa shape index (κ3) is 5.00. The van der Waals surface area contributed by atoms with E-state index in [1.54, 1.807) is 25.3 Å². The number of nitro groups is 1.